The number of carbonyl (C=O) groups excluding carboxylic acids is 3. The van der Waals surface area contributed by atoms with Gasteiger partial charge < -0.3 is 15.0 Å². The van der Waals surface area contributed by atoms with Gasteiger partial charge in [0.25, 0.3) is 5.91 Å². The van der Waals surface area contributed by atoms with Gasteiger partial charge in [-0.25, -0.2) is 0 Å². The lowest BCUT2D eigenvalue weighted by molar-refractivity contribution is -0.173. The maximum atomic E-state index is 13.6. The van der Waals surface area contributed by atoms with E-state index in [2.05, 4.69) is 17.1 Å². The lowest BCUT2D eigenvalue weighted by Crippen LogP contribution is -2.68. The molecule has 2 aliphatic carbocycles. The van der Waals surface area contributed by atoms with Crippen LogP contribution in [0, 0.1) is 18.3 Å². The Labute approximate surface area is 244 Å². The molecule has 5 rings (SSSR count). The minimum atomic E-state index is -0.858. The van der Waals surface area contributed by atoms with Crippen molar-refractivity contribution in [2.75, 3.05) is 26.2 Å². The standard InChI is InChI=1S/C34H45N3O4/c1-5-8-28(24-11-9-23(4)10-12-24)35-32(39)29-30(38)34(6-2,7-3)31(29)41-27-17-13-25(14-18-27)33(40)37-21-19-36(20-22-37)26-15-16-26/h9-14,17-18,26,28-29,31H,5-8,15-16,19-22H2,1-4H3,(H,35,39)/t28?,29?,31-/m1/s1. The van der Waals surface area contributed by atoms with Crippen LogP contribution in [0.4, 0.5) is 0 Å². The lowest BCUT2D eigenvalue weighted by atomic mass is 9.55. The van der Waals surface area contributed by atoms with Gasteiger partial charge in [0.15, 0.2) is 5.78 Å². The van der Waals surface area contributed by atoms with Crippen molar-refractivity contribution in [2.24, 2.45) is 11.3 Å². The summed E-state index contributed by atoms with van der Waals surface area (Å²) in [6.45, 7) is 11.5. The molecule has 2 aromatic rings. The zero-order valence-electron chi connectivity index (χ0n) is 25.0. The van der Waals surface area contributed by atoms with Gasteiger partial charge in [-0.05, 0) is 68.9 Å². The molecule has 0 aromatic heterocycles. The third kappa shape index (κ3) is 5.92. The number of nitrogens with zero attached hydrogens (tertiary/aromatic N) is 2. The van der Waals surface area contributed by atoms with E-state index in [9.17, 15) is 14.4 Å². The van der Waals surface area contributed by atoms with Crippen molar-refractivity contribution < 1.29 is 19.1 Å². The van der Waals surface area contributed by atoms with Gasteiger partial charge >= 0.3 is 0 Å². The number of carbonyl (C=O) groups is 3. The van der Waals surface area contributed by atoms with Crippen LogP contribution in [0.25, 0.3) is 0 Å². The van der Waals surface area contributed by atoms with Crippen LogP contribution >= 0.6 is 0 Å². The molecule has 2 amide bonds. The zero-order chi connectivity index (χ0) is 29.1. The molecule has 7 heteroatoms. The van der Waals surface area contributed by atoms with Crippen LogP contribution in [0.15, 0.2) is 48.5 Å². The van der Waals surface area contributed by atoms with Gasteiger partial charge in [-0.2, -0.15) is 0 Å². The topological polar surface area (TPSA) is 78.9 Å². The van der Waals surface area contributed by atoms with Crippen LogP contribution in [-0.2, 0) is 9.59 Å². The first-order valence-corrected chi connectivity index (χ1v) is 15.5. The maximum absolute atomic E-state index is 13.6. The molecule has 1 N–H and O–H groups in total. The van der Waals surface area contributed by atoms with E-state index in [1.807, 2.05) is 49.9 Å². The second-order valence-electron chi connectivity index (χ2n) is 12.1. The van der Waals surface area contributed by atoms with E-state index in [1.165, 1.54) is 12.8 Å². The second-order valence-corrected chi connectivity index (χ2v) is 12.1. The summed E-state index contributed by atoms with van der Waals surface area (Å²) in [5.74, 6) is -0.554. The number of aryl methyl sites for hydroxylation is 1. The van der Waals surface area contributed by atoms with Crippen molar-refractivity contribution in [1.82, 2.24) is 15.1 Å². The van der Waals surface area contributed by atoms with Crippen molar-refractivity contribution in [3.63, 3.8) is 0 Å². The zero-order valence-corrected chi connectivity index (χ0v) is 25.0. The molecule has 3 fully saturated rings. The molecule has 3 aliphatic rings. The van der Waals surface area contributed by atoms with Gasteiger partial charge in [0.1, 0.15) is 17.8 Å². The number of ketones is 1. The number of amides is 2. The minimum Gasteiger partial charge on any atom is -0.488 e. The van der Waals surface area contributed by atoms with Crippen molar-refractivity contribution in [3.05, 3.63) is 65.2 Å². The van der Waals surface area contributed by atoms with E-state index in [4.69, 9.17) is 4.74 Å². The largest absolute Gasteiger partial charge is 0.488 e. The summed E-state index contributed by atoms with van der Waals surface area (Å²) in [5, 5.41) is 3.17. The Kier molecular flexibility index (Phi) is 8.83. The van der Waals surface area contributed by atoms with Gasteiger partial charge in [-0.15, -0.1) is 0 Å². The van der Waals surface area contributed by atoms with Crippen LogP contribution < -0.4 is 10.1 Å². The lowest BCUT2D eigenvalue weighted by Gasteiger charge is -2.51. The molecule has 1 aliphatic heterocycles. The highest BCUT2D eigenvalue weighted by atomic mass is 16.5. The first kappa shape index (κ1) is 29.3. The molecular weight excluding hydrogens is 514 g/mol. The Morgan fingerprint density at radius 2 is 1.59 bits per heavy atom. The van der Waals surface area contributed by atoms with Crippen molar-refractivity contribution in [3.8, 4) is 5.75 Å². The first-order chi connectivity index (χ1) is 19.8. The van der Waals surface area contributed by atoms with E-state index >= 15 is 0 Å². The van der Waals surface area contributed by atoms with Crippen LogP contribution in [0.1, 0.15) is 86.8 Å². The fraction of sp³-hybridized carbons (Fsp3) is 0.559. The third-order valence-corrected chi connectivity index (χ3v) is 9.57. The number of Topliss-reactive ketones (excluding diaryl/α,β-unsaturated/α-hetero) is 1. The molecule has 0 radical (unpaired) electrons. The average Bonchev–Trinajstić information content (AvgIpc) is 3.84. The summed E-state index contributed by atoms with van der Waals surface area (Å²) in [4.78, 5) is 44.7. The Morgan fingerprint density at radius 3 is 2.15 bits per heavy atom. The summed E-state index contributed by atoms with van der Waals surface area (Å²) < 4.78 is 6.43. The molecule has 2 unspecified atom stereocenters. The Bertz CT molecular complexity index is 1230. The van der Waals surface area contributed by atoms with Gasteiger partial charge in [0, 0.05) is 37.8 Å². The monoisotopic (exact) mass is 559 g/mol. The Hall–Kier alpha value is -3.19. The highest BCUT2D eigenvalue weighted by molar-refractivity contribution is 6.10. The van der Waals surface area contributed by atoms with Crippen molar-refractivity contribution in [2.45, 2.75) is 84.4 Å². The fourth-order valence-corrected chi connectivity index (χ4v) is 6.65. The molecule has 7 nitrogen and oxygen atoms in total. The van der Waals surface area contributed by atoms with Gasteiger partial charge in [0.05, 0.1) is 11.5 Å². The quantitative estimate of drug-likeness (QED) is 0.377. The van der Waals surface area contributed by atoms with Crippen molar-refractivity contribution >= 4 is 17.6 Å². The molecule has 220 valence electrons. The summed E-state index contributed by atoms with van der Waals surface area (Å²) in [7, 11) is 0. The van der Waals surface area contributed by atoms with E-state index in [-0.39, 0.29) is 23.6 Å². The van der Waals surface area contributed by atoms with Crippen LogP contribution in [0.2, 0.25) is 0 Å². The molecule has 2 saturated carbocycles. The summed E-state index contributed by atoms with van der Waals surface area (Å²) in [6.07, 6.45) is 4.93. The smallest absolute Gasteiger partial charge is 0.253 e. The minimum absolute atomic E-state index is 0.0395. The summed E-state index contributed by atoms with van der Waals surface area (Å²) >= 11 is 0. The number of rotatable bonds is 11. The SMILES string of the molecule is CCCC(NC(=O)C1C(=O)C(CC)(CC)[C@@H]1Oc1ccc(C(=O)N2CCN(C3CC3)CC2)cc1)c1ccc(C)cc1. The average molecular weight is 560 g/mol. The maximum Gasteiger partial charge on any atom is 0.253 e. The molecule has 41 heavy (non-hydrogen) atoms. The fourth-order valence-electron chi connectivity index (χ4n) is 6.65. The third-order valence-electron chi connectivity index (χ3n) is 9.57. The molecular formula is C34H45N3O4. The predicted octanol–water partition coefficient (Wildman–Crippen LogP) is 5.33. The number of hydrogen-bond acceptors (Lipinski definition) is 5. The molecule has 1 heterocycles. The predicted molar refractivity (Wildman–Crippen MR) is 160 cm³/mol. The molecule has 2 aromatic carbocycles. The second kappa shape index (κ2) is 12.4. The number of benzene rings is 2. The van der Waals surface area contributed by atoms with Crippen LogP contribution in [0.3, 0.4) is 0 Å². The van der Waals surface area contributed by atoms with Gasteiger partial charge in [0.2, 0.25) is 5.91 Å². The summed E-state index contributed by atoms with van der Waals surface area (Å²) in [5.41, 5.74) is 2.15. The Morgan fingerprint density at radius 1 is 0.951 bits per heavy atom. The molecule has 3 atom stereocenters. The normalized spacial score (nSPS) is 23.0. The van der Waals surface area contributed by atoms with E-state index in [1.54, 1.807) is 24.3 Å². The van der Waals surface area contributed by atoms with E-state index < -0.39 is 17.4 Å². The number of hydrogen-bond donors (Lipinski definition) is 1. The Balaban J connectivity index is 1.27. The number of ether oxygens (including phenoxy) is 1. The summed E-state index contributed by atoms with van der Waals surface area (Å²) in [6, 6.07) is 16.0. The molecule has 0 bridgehead atoms. The van der Waals surface area contributed by atoms with Crippen molar-refractivity contribution in [1.29, 1.82) is 0 Å². The molecule has 0 spiro atoms. The number of nitrogens with one attached hydrogen (secondary N) is 1. The van der Waals surface area contributed by atoms with Crippen LogP contribution in [0.5, 0.6) is 5.75 Å². The highest BCUT2D eigenvalue weighted by Crippen LogP contribution is 2.50. The highest BCUT2D eigenvalue weighted by Gasteiger charge is 2.64. The first-order valence-electron chi connectivity index (χ1n) is 15.5. The van der Waals surface area contributed by atoms with E-state index in [0.717, 1.165) is 56.2 Å². The molecule has 1 saturated heterocycles. The number of piperazine rings is 1. The van der Waals surface area contributed by atoms with Gasteiger partial charge in [-0.3, -0.25) is 19.3 Å². The van der Waals surface area contributed by atoms with Crippen LogP contribution in [-0.4, -0.2) is 65.7 Å². The van der Waals surface area contributed by atoms with Gasteiger partial charge in [-0.1, -0.05) is 57.0 Å². The van der Waals surface area contributed by atoms with E-state index in [0.29, 0.717) is 24.2 Å².